The number of thiazole rings is 1. The average molecular weight is 479 g/mol. The zero-order chi connectivity index (χ0) is 22.6. The van der Waals surface area contributed by atoms with Gasteiger partial charge in [-0.1, -0.05) is 47.5 Å². The van der Waals surface area contributed by atoms with E-state index in [-0.39, 0.29) is 9.77 Å². The molecule has 0 spiro atoms. The highest BCUT2D eigenvalue weighted by molar-refractivity contribution is 7.89. The van der Waals surface area contributed by atoms with Gasteiger partial charge in [-0.3, -0.25) is 20.4 Å². The number of halogens is 1. The molecule has 0 saturated carbocycles. The zero-order valence-corrected chi connectivity index (χ0v) is 19.0. The van der Waals surface area contributed by atoms with Crippen molar-refractivity contribution in [1.29, 1.82) is 0 Å². The van der Waals surface area contributed by atoms with Gasteiger partial charge in [-0.25, -0.2) is 13.4 Å². The van der Waals surface area contributed by atoms with E-state index in [1.807, 2.05) is 13.0 Å². The monoisotopic (exact) mass is 478 g/mol. The molecule has 162 valence electrons. The highest BCUT2D eigenvalue weighted by Gasteiger charge is 2.23. The lowest BCUT2D eigenvalue weighted by molar-refractivity contribution is -0.121. The second kappa shape index (κ2) is 9.56. The minimum Gasteiger partial charge on any atom is -0.272 e. The number of amides is 2. The van der Waals surface area contributed by atoms with E-state index < -0.39 is 28.4 Å². The molecular weight excluding hydrogens is 460 g/mol. The lowest BCUT2D eigenvalue weighted by Crippen LogP contribution is -2.46. The van der Waals surface area contributed by atoms with Crippen LogP contribution in [0.4, 0.5) is 0 Å². The second-order valence-electron chi connectivity index (χ2n) is 6.59. The Morgan fingerprint density at radius 3 is 2.45 bits per heavy atom. The summed E-state index contributed by atoms with van der Waals surface area (Å²) in [5, 5.41) is 1.07. The van der Waals surface area contributed by atoms with E-state index in [2.05, 4.69) is 15.8 Å². The number of benzene rings is 2. The van der Waals surface area contributed by atoms with Crippen molar-refractivity contribution in [2.24, 2.45) is 0 Å². The van der Waals surface area contributed by atoms with Crippen LogP contribution in [0.3, 0.4) is 0 Å². The molecule has 0 atom stereocenters. The molecule has 0 fully saturated rings. The van der Waals surface area contributed by atoms with Crippen LogP contribution in [0, 0.1) is 6.92 Å². The third-order valence-corrected chi connectivity index (χ3v) is 7.42. The number of hydrogen-bond acceptors (Lipinski definition) is 6. The maximum Gasteiger partial charge on any atom is 0.281 e. The van der Waals surface area contributed by atoms with Gasteiger partial charge in [0.15, 0.2) is 0 Å². The topological polar surface area (TPSA) is 108 Å². The largest absolute Gasteiger partial charge is 0.281 e. The molecule has 0 aliphatic heterocycles. The number of aryl methyl sites for hydroxylation is 1. The standard InChI is InChI=1S/C20H19ClN4O4S2/c1-13-7-9-14(10-8-13)31(28,29)25(2)12-18(26)23-24-19(27)17-11-22-20(30-17)15-5-3-4-6-16(15)21/h3-11H,12H2,1-2H3,(H,23,26)(H,24,27). The van der Waals surface area contributed by atoms with Crippen LogP contribution in [0.15, 0.2) is 59.6 Å². The molecule has 0 aliphatic carbocycles. The fraction of sp³-hybridized carbons (Fsp3) is 0.150. The summed E-state index contributed by atoms with van der Waals surface area (Å²) in [6.45, 7) is 1.38. The van der Waals surface area contributed by atoms with Gasteiger partial charge in [0.1, 0.15) is 9.88 Å². The summed E-state index contributed by atoms with van der Waals surface area (Å²) >= 11 is 7.25. The van der Waals surface area contributed by atoms with Crippen molar-refractivity contribution in [3.8, 4) is 10.6 Å². The summed E-state index contributed by atoms with van der Waals surface area (Å²) in [5.41, 5.74) is 6.09. The van der Waals surface area contributed by atoms with Crippen LogP contribution in [0.1, 0.15) is 15.2 Å². The van der Waals surface area contributed by atoms with E-state index in [9.17, 15) is 18.0 Å². The molecule has 0 saturated heterocycles. The highest BCUT2D eigenvalue weighted by atomic mass is 35.5. The number of likely N-dealkylation sites (N-methyl/N-ethyl adjacent to an activating group) is 1. The first-order valence-electron chi connectivity index (χ1n) is 9.01. The first-order chi connectivity index (χ1) is 14.7. The van der Waals surface area contributed by atoms with Crippen molar-refractivity contribution < 1.29 is 18.0 Å². The van der Waals surface area contributed by atoms with Crippen LogP contribution in [0.5, 0.6) is 0 Å². The van der Waals surface area contributed by atoms with E-state index in [4.69, 9.17) is 11.6 Å². The quantitative estimate of drug-likeness (QED) is 0.529. The molecule has 3 aromatic rings. The number of hydrazine groups is 1. The molecule has 1 heterocycles. The highest BCUT2D eigenvalue weighted by Crippen LogP contribution is 2.30. The van der Waals surface area contributed by atoms with Gasteiger partial charge in [0.25, 0.3) is 11.8 Å². The van der Waals surface area contributed by atoms with Crippen molar-refractivity contribution in [1.82, 2.24) is 20.1 Å². The van der Waals surface area contributed by atoms with Gasteiger partial charge >= 0.3 is 0 Å². The van der Waals surface area contributed by atoms with Crippen molar-refractivity contribution >= 4 is 44.8 Å². The van der Waals surface area contributed by atoms with Gasteiger partial charge in [0.05, 0.1) is 22.7 Å². The lowest BCUT2D eigenvalue weighted by atomic mass is 10.2. The number of carbonyl (C=O) groups is 2. The van der Waals surface area contributed by atoms with Crippen molar-refractivity contribution in [2.45, 2.75) is 11.8 Å². The minimum atomic E-state index is -3.83. The molecule has 31 heavy (non-hydrogen) atoms. The molecule has 1 aromatic heterocycles. The fourth-order valence-corrected chi connectivity index (χ4v) is 4.80. The minimum absolute atomic E-state index is 0.0780. The Balaban J connectivity index is 1.58. The molecule has 0 radical (unpaired) electrons. The third-order valence-electron chi connectivity index (χ3n) is 4.24. The van der Waals surface area contributed by atoms with E-state index in [0.29, 0.717) is 15.6 Å². The van der Waals surface area contributed by atoms with Crippen LogP contribution in [-0.2, 0) is 14.8 Å². The molecule has 8 nitrogen and oxygen atoms in total. The Labute approximate surface area is 188 Å². The molecule has 0 bridgehead atoms. The van der Waals surface area contributed by atoms with Crippen LogP contribution >= 0.6 is 22.9 Å². The van der Waals surface area contributed by atoms with Crippen molar-refractivity contribution in [3.05, 3.63) is 70.2 Å². The zero-order valence-electron chi connectivity index (χ0n) is 16.6. The SMILES string of the molecule is Cc1ccc(S(=O)(=O)N(C)CC(=O)NNC(=O)c2cnc(-c3ccccc3Cl)s2)cc1. The predicted molar refractivity (Wildman–Crippen MR) is 119 cm³/mol. The first-order valence-corrected chi connectivity index (χ1v) is 11.6. The molecule has 0 aliphatic rings. The molecule has 2 aromatic carbocycles. The fourth-order valence-electron chi connectivity index (χ4n) is 2.54. The van der Waals surface area contributed by atoms with E-state index in [1.165, 1.54) is 25.4 Å². The Morgan fingerprint density at radius 2 is 1.77 bits per heavy atom. The molecule has 11 heteroatoms. The van der Waals surface area contributed by atoms with Crippen LogP contribution < -0.4 is 10.9 Å². The van der Waals surface area contributed by atoms with Crippen LogP contribution in [0.25, 0.3) is 10.6 Å². The first kappa shape index (κ1) is 22.9. The summed E-state index contributed by atoms with van der Waals surface area (Å²) in [4.78, 5) is 29.0. The summed E-state index contributed by atoms with van der Waals surface area (Å²) in [6, 6.07) is 13.4. The van der Waals surface area contributed by atoms with Gasteiger partial charge in [-0.05, 0) is 25.1 Å². The average Bonchev–Trinajstić information content (AvgIpc) is 3.22. The number of rotatable bonds is 6. The number of hydrogen-bond donors (Lipinski definition) is 2. The van der Waals surface area contributed by atoms with E-state index >= 15 is 0 Å². The Hall–Kier alpha value is -2.79. The van der Waals surface area contributed by atoms with Crippen molar-refractivity contribution in [2.75, 3.05) is 13.6 Å². The molecule has 0 unspecified atom stereocenters. The summed E-state index contributed by atoms with van der Waals surface area (Å²) in [5.74, 6) is -1.27. The van der Waals surface area contributed by atoms with Gasteiger partial charge < -0.3 is 0 Å². The van der Waals surface area contributed by atoms with Crippen molar-refractivity contribution in [3.63, 3.8) is 0 Å². The van der Waals surface area contributed by atoms with Crippen LogP contribution in [-0.4, -0.2) is 43.1 Å². The Bertz CT molecular complexity index is 1210. The molecule has 3 rings (SSSR count). The maximum absolute atomic E-state index is 12.5. The second-order valence-corrected chi connectivity index (χ2v) is 10.1. The maximum atomic E-state index is 12.5. The van der Waals surface area contributed by atoms with Crippen LogP contribution in [0.2, 0.25) is 5.02 Å². The number of nitrogens with zero attached hydrogens (tertiary/aromatic N) is 2. The molecule has 2 amide bonds. The van der Waals surface area contributed by atoms with Gasteiger partial charge in [0.2, 0.25) is 10.0 Å². The number of nitrogens with one attached hydrogen (secondary N) is 2. The van der Waals surface area contributed by atoms with Gasteiger partial charge in [0, 0.05) is 12.6 Å². The molecule has 2 N–H and O–H groups in total. The number of sulfonamides is 1. The lowest BCUT2D eigenvalue weighted by Gasteiger charge is -2.17. The molecular formula is C20H19ClN4O4S2. The Morgan fingerprint density at radius 1 is 1.10 bits per heavy atom. The smallest absolute Gasteiger partial charge is 0.272 e. The van der Waals surface area contributed by atoms with E-state index in [0.717, 1.165) is 21.2 Å². The van der Waals surface area contributed by atoms with Gasteiger partial charge in [-0.2, -0.15) is 4.31 Å². The number of aromatic nitrogens is 1. The van der Waals surface area contributed by atoms with Gasteiger partial charge in [-0.15, -0.1) is 11.3 Å². The summed E-state index contributed by atoms with van der Waals surface area (Å²) < 4.78 is 26.0. The summed E-state index contributed by atoms with van der Waals surface area (Å²) in [7, 11) is -2.55. The summed E-state index contributed by atoms with van der Waals surface area (Å²) in [6.07, 6.45) is 1.37. The normalized spacial score (nSPS) is 11.4. The number of carbonyl (C=O) groups excluding carboxylic acids is 2. The predicted octanol–water partition coefficient (Wildman–Crippen LogP) is 2.85. The van der Waals surface area contributed by atoms with E-state index in [1.54, 1.807) is 30.3 Å². The Kier molecular flexibility index (Phi) is 7.06. The third kappa shape index (κ3) is 5.47.